The van der Waals surface area contributed by atoms with E-state index in [9.17, 15) is 9.59 Å². The van der Waals surface area contributed by atoms with Crippen LogP contribution in [0.15, 0.2) is 54.6 Å². The maximum absolute atomic E-state index is 14.3. The molecule has 1 N–H and O–H groups in total. The van der Waals surface area contributed by atoms with Crippen molar-refractivity contribution < 1.29 is 28.5 Å². The lowest BCUT2D eigenvalue weighted by Crippen LogP contribution is -2.55. The smallest absolute Gasteiger partial charge is 0.286 e. The molecule has 3 heterocycles. The van der Waals surface area contributed by atoms with E-state index in [2.05, 4.69) is 11.4 Å². The number of amides is 1. The van der Waals surface area contributed by atoms with Gasteiger partial charge < -0.3 is 24.3 Å². The highest BCUT2D eigenvalue weighted by molar-refractivity contribution is 6.16. The maximum Gasteiger partial charge on any atom is 0.286 e. The summed E-state index contributed by atoms with van der Waals surface area (Å²) < 4.78 is 22.8. The van der Waals surface area contributed by atoms with Crippen molar-refractivity contribution >= 4 is 28.6 Å². The average molecular weight is 527 g/mol. The minimum atomic E-state index is -1.46. The Balaban J connectivity index is 1.56. The summed E-state index contributed by atoms with van der Waals surface area (Å²) in [5, 5.41) is 3.40. The number of hydrogen-bond acceptors (Lipinski definition) is 7. The minimum absolute atomic E-state index is 0.209. The Labute approximate surface area is 227 Å². The van der Waals surface area contributed by atoms with Gasteiger partial charge in [-0.1, -0.05) is 24.3 Å². The third-order valence-corrected chi connectivity index (χ3v) is 7.75. The first-order valence-electron chi connectivity index (χ1n) is 12.7. The first kappa shape index (κ1) is 25.0. The van der Waals surface area contributed by atoms with Crippen molar-refractivity contribution in [2.75, 3.05) is 31.5 Å². The summed E-state index contributed by atoms with van der Waals surface area (Å²) in [6, 6.07) is 14.7. The maximum atomic E-state index is 14.3. The Morgan fingerprint density at radius 2 is 1.64 bits per heavy atom. The topological polar surface area (TPSA) is 86.3 Å². The molecule has 0 saturated heterocycles. The highest BCUT2D eigenvalue weighted by Crippen LogP contribution is 2.54. The second kappa shape index (κ2) is 8.61. The number of anilines is 2. The van der Waals surface area contributed by atoms with E-state index < -0.39 is 11.3 Å². The van der Waals surface area contributed by atoms with E-state index in [1.54, 1.807) is 23.1 Å². The summed E-state index contributed by atoms with van der Waals surface area (Å²) in [6.45, 7) is 6.27. The third kappa shape index (κ3) is 3.48. The van der Waals surface area contributed by atoms with E-state index in [0.717, 1.165) is 28.1 Å². The number of rotatable bonds is 5. The molecule has 0 radical (unpaired) electrons. The summed E-state index contributed by atoms with van der Waals surface area (Å²) in [4.78, 5) is 30.0. The quantitative estimate of drug-likeness (QED) is 0.453. The highest BCUT2D eigenvalue weighted by Gasteiger charge is 2.59. The number of methoxy groups -OCH3 is 3. The number of ketones is 1. The van der Waals surface area contributed by atoms with Crippen LogP contribution >= 0.6 is 0 Å². The van der Waals surface area contributed by atoms with Crippen LogP contribution in [0.3, 0.4) is 0 Å². The van der Waals surface area contributed by atoms with Crippen LogP contribution < -0.4 is 24.4 Å². The second-order valence-corrected chi connectivity index (χ2v) is 10.5. The minimum Gasteiger partial charge on any atom is -0.493 e. The zero-order valence-electron chi connectivity index (χ0n) is 22.8. The molecule has 1 amide bonds. The molecule has 0 bridgehead atoms. The normalized spacial score (nSPS) is 20.1. The summed E-state index contributed by atoms with van der Waals surface area (Å²) in [7, 11) is 4.53. The Hall–Kier alpha value is -4.30. The Kier molecular flexibility index (Phi) is 5.52. The van der Waals surface area contributed by atoms with Crippen LogP contribution in [0, 0.1) is 0 Å². The van der Waals surface area contributed by atoms with Crippen molar-refractivity contribution in [2.24, 2.45) is 0 Å². The molecule has 0 saturated carbocycles. The fraction of sp³-hybridized carbons (Fsp3) is 0.290. The monoisotopic (exact) mass is 526 g/mol. The van der Waals surface area contributed by atoms with E-state index in [-0.39, 0.29) is 18.3 Å². The first-order valence-corrected chi connectivity index (χ1v) is 12.7. The molecular weight excluding hydrogens is 496 g/mol. The Morgan fingerprint density at radius 1 is 0.974 bits per heavy atom. The van der Waals surface area contributed by atoms with Crippen LogP contribution in [0.1, 0.15) is 53.4 Å². The van der Waals surface area contributed by atoms with Crippen LogP contribution in [0.2, 0.25) is 0 Å². The fourth-order valence-corrected chi connectivity index (χ4v) is 5.99. The molecule has 1 atom stereocenters. The van der Waals surface area contributed by atoms with Crippen molar-refractivity contribution in [3.63, 3.8) is 0 Å². The van der Waals surface area contributed by atoms with Gasteiger partial charge in [0, 0.05) is 33.5 Å². The molecule has 1 spiro atoms. The molecule has 39 heavy (non-hydrogen) atoms. The molecule has 0 fully saturated rings. The molecule has 3 aliphatic heterocycles. The number of fused-ring (bicyclic) bond motifs is 2. The molecule has 8 heteroatoms. The van der Waals surface area contributed by atoms with Gasteiger partial charge in [0.25, 0.3) is 5.91 Å². The number of ether oxygens (including phenoxy) is 4. The van der Waals surface area contributed by atoms with Gasteiger partial charge in [-0.3, -0.25) is 14.5 Å². The van der Waals surface area contributed by atoms with E-state index in [4.69, 9.17) is 18.9 Å². The number of para-hydroxylation sites is 1. The number of nitrogens with one attached hydrogen (secondary N) is 1. The standard InChI is InChI=1S/C31H30N2O6/c1-17-15-30(2,3)33-26-21(17)11-19(27(34)20-13-24(36-4)28(38-6)25(14-20)37-5)12-22(26)31(29(33)35)32-23-10-8-7-9-18(23)16-39-31/h7-15,32H,16H2,1-6H3/t31-/m0/s1. The van der Waals surface area contributed by atoms with Crippen LogP contribution in [-0.4, -0.2) is 38.6 Å². The van der Waals surface area contributed by atoms with Gasteiger partial charge in [-0.05, 0) is 56.7 Å². The zero-order chi connectivity index (χ0) is 27.7. The predicted molar refractivity (Wildman–Crippen MR) is 148 cm³/mol. The van der Waals surface area contributed by atoms with E-state index in [1.807, 2.05) is 51.1 Å². The molecule has 6 rings (SSSR count). The molecule has 0 aliphatic carbocycles. The van der Waals surface area contributed by atoms with Gasteiger partial charge in [0.1, 0.15) is 0 Å². The lowest BCUT2D eigenvalue weighted by atomic mass is 9.86. The van der Waals surface area contributed by atoms with Gasteiger partial charge in [0.15, 0.2) is 17.3 Å². The Morgan fingerprint density at radius 3 is 2.31 bits per heavy atom. The van der Waals surface area contributed by atoms with Crippen molar-refractivity contribution in [3.8, 4) is 17.2 Å². The number of benzene rings is 3. The molecule has 0 unspecified atom stereocenters. The molecule has 3 aromatic rings. The average Bonchev–Trinajstić information content (AvgIpc) is 3.18. The van der Waals surface area contributed by atoms with Crippen molar-refractivity contribution in [3.05, 3.63) is 82.4 Å². The number of nitrogens with zero attached hydrogens (tertiary/aromatic N) is 1. The number of carbonyl (C=O) groups excluding carboxylic acids is 2. The molecule has 3 aromatic carbocycles. The van der Waals surface area contributed by atoms with Gasteiger partial charge in [-0.2, -0.15) is 0 Å². The fourth-order valence-electron chi connectivity index (χ4n) is 5.99. The van der Waals surface area contributed by atoms with Crippen LogP contribution in [0.4, 0.5) is 11.4 Å². The largest absolute Gasteiger partial charge is 0.493 e. The van der Waals surface area contributed by atoms with Crippen LogP contribution in [0.25, 0.3) is 5.57 Å². The van der Waals surface area contributed by atoms with Gasteiger partial charge >= 0.3 is 0 Å². The van der Waals surface area contributed by atoms with E-state index in [0.29, 0.717) is 33.9 Å². The molecule has 3 aliphatic rings. The second-order valence-electron chi connectivity index (χ2n) is 10.5. The summed E-state index contributed by atoms with van der Waals surface area (Å²) in [5.74, 6) is 0.710. The highest BCUT2D eigenvalue weighted by atomic mass is 16.5. The number of allylic oxidation sites excluding steroid dienone is 1. The SMILES string of the molecule is COc1cc(C(=O)c2cc3c4c(c2)[C@@]2(Nc5ccccc5CO2)C(=O)N4C(C)(C)C=C3C)cc(OC)c1OC. The van der Waals surface area contributed by atoms with Crippen molar-refractivity contribution in [2.45, 2.75) is 38.6 Å². The van der Waals surface area contributed by atoms with E-state index >= 15 is 0 Å². The van der Waals surface area contributed by atoms with Gasteiger partial charge in [0.2, 0.25) is 11.5 Å². The predicted octanol–water partition coefficient (Wildman–Crippen LogP) is 5.28. The lowest BCUT2D eigenvalue weighted by Gasteiger charge is -2.40. The van der Waals surface area contributed by atoms with E-state index in [1.165, 1.54) is 21.3 Å². The van der Waals surface area contributed by atoms with Crippen molar-refractivity contribution in [1.29, 1.82) is 0 Å². The lowest BCUT2D eigenvalue weighted by molar-refractivity contribution is -0.143. The van der Waals surface area contributed by atoms with Gasteiger partial charge in [-0.25, -0.2) is 0 Å². The summed E-state index contributed by atoms with van der Waals surface area (Å²) in [6.07, 6.45) is 2.06. The number of carbonyl (C=O) groups is 2. The summed E-state index contributed by atoms with van der Waals surface area (Å²) in [5.41, 5.74) is 3.71. The zero-order valence-corrected chi connectivity index (χ0v) is 22.8. The van der Waals surface area contributed by atoms with Crippen LogP contribution in [-0.2, 0) is 21.9 Å². The molecule has 8 nitrogen and oxygen atoms in total. The van der Waals surface area contributed by atoms with Crippen molar-refractivity contribution in [1.82, 2.24) is 0 Å². The molecule has 0 aromatic heterocycles. The first-order chi connectivity index (χ1) is 18.6. The molecule has 200 valence electrons. The molecular formula is C31H30N2O6. The van der Waals surface area contributed by atoms with Gasteiger partial charge in [0.05, 0.1) is 39.2 Å². The Bertz CT molecular complexity index is 1560. The number of hydrogen-bond donors (Lipinski definition) is 1. The van der Waals surface area contributed by atoms with Gasteiger partial charge in [-0.15, -0.1) is 0 Å². The summed E-state index contributed by atoms with van der Waals surface area (Å²) >= 11 is 0. The van der Waals surface area contributed by atoms with Crippen LogP contribution in [0.5, 0.6) is 17.2 Å². The third-order valence-electron chi connectivity index (χ3n) is 7.75.